The summed E-state index contributed by atoms with van der Waals surface area (Å²) in [5.41, 5.74) is 2.59. The quantitative estimate of drug-likeness (QED) is 0.429. The minimum absolute atomic E-state index is 0.0721. The summed E-state index contributed by atoms with van der Waals surface area (Å²) in [6.07, 6.45) is 3.14. The number of oxazole rings is 1. The first-order valence-corrected chi connectivity index (χ1v) is 11.2. The van der Waals surface area contributed by atoms with Crippen molar-refractivity contribution in [2.45, 2.75) is 30.5 Å². The maximum atomic E-state index is 13.0. The number of rotatable bonds is 4. The van der Waals surface area contributed by atoms with E-state index < -0.39 is 0 Å². The van der Waals surface area contributed by atoms with Crippen LogP contribution in [-0.2, 0) is 4.79 Å². The van der Waals surface area contributed by atoms with Crippen molar-refractivity contribution >= 4 is 50.3 Å². The smallest absolute Gasteiger partial charge is 0.257 e. The summed E-state index contributed by atoms with van der Waals surface area (Å²) in [5.74, 6) is 0.449. The lowest BCUT2D eigenvalue weighted by atomic mass is 10.0. The number of likely N-dealkylation sites (tertiary alicyclic amines) is 1. The molecule has 4 aromatic rings. The molecule has 0 unspecified atom stereocenters. The Kier molecular flexibility index (Phi) is 4.78. The Balaban J connectivity index is 1.33. The van der Waals surface area contributed by atoms with E-state index in [1.165, 1.54) is 16.5 Å². The third kappa shape index (κ3) is 3.40. The average molecular weight is 410 g/mol. The first-order valence-electron chi connectivity index (χ1n) is 9.41. The fraction of sp³-hybridized carbons (Fsp3) is 0.286. The molecule has 28 heavy (non-hydrogen) atoms. The molecule has 2 aromatic carbocycles. The van der Waals surface area contributed by atoms with E-state index in [1.54, 1.807) is 11.3 Å². The van der Waals surface area contributed by atoms with Gasteiger partial charge in [0.15, 0.2) is 5.58 Å². The third-order valence-electron chi connectivity index (χ3n) is 5.01. The number of fused-ring (bicyclic) bond motifs is 2. The van der Waals surface area contributed by atoms with Gasteiger partial charge in [-0.25, -0.2) is 9.97 Å². The van der Waals surface area contributed by atoms with E-state index in [2.05, 4.69) is 11.1 Å². The second-order valence-electron chi connectivity index (χ2n) is 6.85. The molecule has 0 bridgehead atoms. The van der Waals surface area contributed by atoms with Crippen molar-refractivity contribution in [2.24, 2.45) is 0 Å². The number of aromatic nitrogens is 2. The predicted octanol–water partition coefficient (Wildman–Crippen LogP) is 5.28. The number of carbonyl (C=O) groups is 1. The molecule has 0 spiro atoms. The van der Waals surface area contributed by atoms with Gasteiger partial charge in [0, 0.05) is 6.54 Å². The lowest BCUT2D eigenvalue weighted by Crippen LogP contribution is -2.39. The molecule has 2 aromatic heterocycles. The highest BCUT2D eigenvalue weighted by molar-refractivity contribution is 7.99. The lowest BCUT2D eigenvalue weighted by molar-refractivity contribution is -0.132. The van der Waals surface area contributed by atoms with Crippen molar-refractivity contribution in [2.75, 3.05) is 12.3 Å². The molecule has 1 fully saturated rings. The molecule has 0 aliphatic carbocycles. The van der Waals surface area contributed by atoms with Crippen LogP contribution in [0.2, 0.25) is 0 Å². The molecule has 0 saturated carbocycles. The number of thioether (sulfide) groups is 1. The highest BCUT2D eigenvalue weighted by Crippen LogP contribution is 2.36. The van der Waals surface area contributed by atoms with Crippen molar-refractivity contribution < 1.29 is 9.21 Å². The van der Waals surface area contributed by atoms with E-state index in [-0.39, 0.29) is 11.9 Å². The number of amides is 1. The van der Waals surface area contributed by atoms with E-state index in [1.807, 2.05) is 47.4 Å². The van der Waals surface area contributed by atoms with Crippen molar-refractivity contribution in [3.8, 4) is 0 Å². The summed E-state index contributed by atoms with van der Waals surface area (Å²) in [6.45, 7) is 0.785. The molecule has 1 amide bonds. The number of nitrogens with zero attached hydrogens (tertiary/aromatic N) is 3. The molecule has 1 aliphatic rings. The summed E-state index contributed by atoms with van der Waals surface area (Å²) in [6, 6.07) is 15.9. The Labute approximate surface area is 170 Å². The normalized spacial score (nSPS) is 17.4. The Hall–Kier alpha value is -2.38. The lowest BCUT2D eigenvalue weighted by Gasteiger charge is -2.34. The molecule has 5 rings (SSSR count). The molecule has 7 heteroatoms. The van der Waals surface area contributed by atoms with Gasteiger partial charge < -0.3 is 9.32 Å². The Morgan fingerprint density at radius 3 is 2.79 bits per heavy atom. The Bertz CT molecular complexity index is 1070. The molecule has 3 heterocycles. The number of hydrogen-bond acceptors (Lipinski definition) is 6. The van der Waals surface area contributed by atoms with E-state index in [0.717, 1.165) is 47.4 Å². The van der Waals surface area contributed by atoms with Crippen molar-refractivity contribution in [1.82, 2.24) is 14.9 Å². The van der Waals surface area contributed by atoms with Crippen LogP contribution in [0.25, 0.3) is 21.3 Å². The van der Waals surface area contributed by atoms with E-state index >= 15 is 0 Å². The molecule has 1 aliphatic heterocycles. The molecule has 142 valence electrons. The third-order valence-corrected chi connectivity index (χ3v) is 6.96. The van der Waals surface area contributed by atoms with Crippen LogP contribution in [0.15, 0.2) is 58.2 Å². The monoisotopic (exact) mass is 409 g/mol. The van der Waals surface area contributed by atoms with Gasteiger partial charge in [-0.05, 0) is 43.5 Å². The molecule has 1 saturated heterocycles. The first-order chi connectivity index (χ1) is 13.8. The second-order valence-corrected chi connectivity index (χ2v) is 8.84. The average Bonchev–Trinajstić information content (AvgIpc) is 3.35. The number of para-hydroxylation sites is 3. The molecular formula is C21H19N3O2S2. The van der Waals surface area contributed by atoms with E-state index in [4.69, 9.17) is 9.40 Å². The summed E-state index contributed by atoms with van der Waals surface area (Å²) >= 11 is 3.06. The fourth-order valence-electron chi connectivity index (χ4n) is 3.64. The number of hydrogen-bond donors (Lipinski definition) is 0. The van der Waals surface area contributed by atoms with Gasteiger partial charge in [0.2, 0.25) is 5.91 Å². The zero-order valence-electron chi connectivity index (χ0n) is 15.2. The van der Waals surface area contributed by atoms with Crippen LogP contribution in [0.4, 0.5) is 0 Å². The minimum atomic E-state index is 0.0721. The number of carbonyl (C=O) groups excluding carboxylic acids is 1. The van der Waals surface area contributed by atoms with Gasteiger partial charge in [0.25, 0.3) is 5.22 Å². The van der Waals surface area contributed by atoms with Crippen molar-refractivity contribution in [1.29, 1.82) is 0 Å². The Morgan fingerprint density at radius 2 is 1.93 bits per heavy atom. The zero-order chi connectivity index (χ0) is 18.9. The molecular weight excluding hydrogens is 390 g/mol. The van der Waals surface area contributed by atoms with Gasteiger partial charge in [-0.1, -0.05) is 36.0 Å². The molecule has 0 N–H and O–H groups in total. The van der Waals surface area contributed by atoms with Gasteiger partial charge in [-0.2, -0.15) is 0 Å². The SMILES string of the molecule is O=C(CSc1nc2ccccc2o1)N1CCCC[C@@H]1c1nc2ccccc2s1. The summed E-state index contributed by atoms with van der Waals surface area (Å²) in [4.78, 5) is 24.2. The summed E-state index contributed by atoms with van der Waals surface area (Å²) < 4.78 is 6.91. The van der Waals surface area contributed by atoms with Crippen LogP contribution < -0.4 is 0 Å². The van der Waals surface area contributed by atoms with Crippen LogP contribution in [0, 0.1) is 0 Å². The van der Waals surface area contributed by atoms with Crippen molar-refractivity contribution in [3.63, 3.8) is 0 Å². The maximum Gasteiger partial charge on any atom is 0.257 e. The van der Waals surface area contributed by atoms with Crippen LogP contribution in [0.5, 0.6) is 0 Å². The number of thiazole rings is 1. The first kappa shape index (κ1) is 17.7. The van der Waals surface area contributed by atoms with Gasteiger partial charge in [0.1, 0.15) is 10.5 Å². The summed E-state index contributed by atoms with van der Waals surface area (Å²) in [7, 11) is 0. The molecule has 1 atom stereocenters. The highest BCUT2D eigenvalue weighted by Gasteiger charge is 2.30. The number of benzene rings is 2. The van der Waals surface area contributed by atoms with E-state index in [0.29, 0.717) is 11.0 Å². The fourth-order valence-corrected chi connectivity index (χ4v) is 5.48. The highest BCUT2D eigenvalue weighted by atomic mass is 32.2. The van der Waals surface area contributed by atoms with Crippen LogP contribution in [-0.4, -0.2) is 33.1 Å². The Morgan fingerprint density at radius 1 is 1.11 bits per heavy atom. The van der Waals surface area contributed by atoms with E-state index in [9.17, 15) is 4.79 Å². The second kappa shape index (κ2) is 7.56. The standard InChI is InChI=1S/C21H19N3O2S2/c25-19(13-27-21-23-14-7-1-3-10-17(14)26-21)24-12-6-5-9-16(24)20-22-15-8-2-4-11-18(15)28-20/h1-4,7-8,10-11,16H,5-6,9,12-13H2/t16-/m1/s1. The van der Waals surface area contributed by atoms with Gasteiger partial charge in [0.05, 0.1) is 22.0 Å². The largest absolute Gasteiger partial charge is 0.431 e. The van der Waals surface area contributed by atoms with Gasteiger partial charge >= 0.3 is 0 Å². The van der Waals surface area contributed by atoms with Gasteiger partial charge in [-0.15, -0.1) is 11.3 Å². The van der Waals surface area contributed by atoms with Crippen LogP contribution in [0.1, 0.15) is 30.3 Å². The topological polar surface area (TPSA) is 59.2 Å². The van der Waals surface area contributed by atoms with Crippen LogP contribution >= 0.6 is 23.1 Å². The van der Waals surface area contributed by atoms with Crippen molar-refractivity contribution in [3.05, 3.63) is 53.5 Å². The summed E-state index contributed by atoms with van der Waals surface area (Å²) in [5, 5.41) is 1.59. The van der Waals surface area contributed by atoms with Crippen LogP contribution in [0.3, 0.4) is 0 Å². The number of piperidine rings is 1. The van der Waals surface area contributed by atoms with Gasteiger partial charge in [-0.3, -0.25) is 4.79 Å². The predicted molar refractivity (Wildman–Crippen MR) is 113 cm³/mol. The molecule has 0 radical (unpaired) electrons. The zero-order valence-corrected chi connectivity index (χ0v) is 16.8. The minimum Gasteiger partial charge on any atom is -0.431 e. The molecule has 5 nitrogen and oxygen atoms in total. The maximum absolute atomic E-state index is 13.0.